The Morgan fingerprint density at radius 1 is 1.00 bits per heavy atom. The van der Waals surface area contributed by atoms with Gasteiger partial charge >= 0.3 is 0 Å². The molecule has 2 aromatic carbocycles. The second-order valence-corrected chi connectivity index (χ2v) is 5.53. The van der Waals surface area contributed by atoms with Crippen LogP contribution in [0.3, 0.4) is 0 Å². The van der Waals surface area contributed by atoms with E-state index in [1.807, 2.05) is 30.3 Å². The van der Waals surface area contributed by atoms with E-state index in [-0.39, 0.29) is 0 Å². The van der Waals surface area contributed by atoms with Gasteiger partial charge in [-0.2, -0.15) is 15.3 Å². The summed E-state index contributed by atoms with van der Waals surface area (Å²) in [5, 5.41) is 23.0. The smallest absolute Gasteiger partial charge is 0.249 e. The molecule has 3 rings (SSSR count). The van der Waals surface area contributed by atoms with Crippen molar-refractivity contribution in [3.63, 3.8) is 0 Å². The minimum absolute atomic E-state index is 0.383. The number of nitriles is 1. The molecule has 0 bridgehead atoms. The quantitative estimate of drug-likeness (QED) is 0.725. The lowest BCUT2D eigenvalue weighted by molar-refractivity contribution is 0.982. The molecule has 0 atom stereocenters. The summed E-state index contributed by atoms with van der Waals surface area (Å²) >= 11 is 3.39. The van der Waals surface area contributed by atoms with Crippen LogP contribution in [0.4, 0.5) is 23.1 Å². The first-order valence-corrected chi connectivity index (χ1v) is 7.52. The van der Waals surface area contributed by atoms with Crippen molar-refractivity contribution < 1.29 is 0 Å². The van der Waals surface area contributed by atoms with E-state index in [0.717, 1.165) is 15.8 Å². The van der Waals surface area contributed by atoms with Crippen molar-refractivity contribution in [1.82, 2.24) is 15.2 Å². The number of hydrogen-bond acceptors (Lipinski definition) is 6. The minimum atomic E-state index is 0.383. The zero-order valence-electron chi connectivity index (χ0n) is 11.9. The highest BCUT2D eigenvalue weighted by Crippen LogP contribution is 2.19. The first-order valence-electron chi connectivity index (χ1n) is 6.72. The lowest BCUT2D eigenvalue weighted by atomic mass is 10.2. The number of benzene rings is 2. The first-order chi connectivity index (χ1) is 11.2. The predicted molar refractivity (Wildman–Crippen MR) is 91.7 cm³/mol. The van der Waals surface area contributed by atoms with E-state index in [2.05, 4.69) is 47.8 Å². The summed E-state index contributed by atoms with van der Waals surface area (Å²) < 4.78 is 0.995. The summed E-state index contributed by atoms with van der Waals surface area (Å²) in [7, 11) is 0. The van der Waals surface area contributed by atoms with Crippen LogP contribution in [0.5, 0.6) is 0 Å². The fourth-order valence-electron chi connectivity index (χ4n) is 1.89. The second kappa shape index (κ2) is 6.85. The van der Waals surface area contributed by atoms with E-state index in [1.54, 1.807) is 18.2 Å². The molecule has 0 radical (unpaired) electrons. The zero-order valence-corrected chi connectivity index (χ0v) is 13.4. The summed E-state index contributed by atoms with van der Waals surface area (Å²) in [4.78, 5) is 4.35. The Bertz CT molecular complexity index is 857. The number of rotatable bonds is 4. The van der Waals surface area contributed by atoms with Crippen molar-refractivity contribution in [1.29, 1.82) is 5.26 Å². The fraction of sp³-hybridized carbons (Fsp3) is 0. The molecule has 0 saturated heterocycles. The number of nitrogens with zero attached hydrogens (tertiary/aromatic N) is 4. The third-order valence-corrected chi connectivity index (χ3v) is 3.45. The maximum Gasteiger partial charge on any atom is 0.249 e. The molecule has 0 fully saturated rings. The minimum Gasteiger partial charge on any atom is -0.339 e. The molecule has 2 N–H and O–H groups in total. The standard InChI is InChI=1S/C16H11BrN6/c17-12-4-6-13(7-5-12)21-16-22-15(10-19-23-16)20-14-3-1-2-11(8-14)9-18/h1-8,10H,(H2,20,21,22,23). The van der Waals surface area contributed by atoms with Crippen molar-refractivity contribution in [3.05, 3.63) is 64.8 Å². The number of hydrogen-bond donors (Lipinski definition) is 2. The van der Waals surface area contributed by atoms with Gasteiger partial charge in [-0.1, -0.05) is 22.0 Å². The van der Waals surface area contributed by atoms with Crippen LogP contribution in [0.2, 0.25) is 0 Å². The van der Waals surface area contributed by atoms with E-state index in [9.17, 15) is 0 Å². The molecule has 3 aromatic rings. The van der Waals surface area contributed by atoms with E-state index in [1.165, 1.54) is 6.20 Å². The number of aromatic nitrogens is 3. The molecule has 1 aromatic heterocycles. The van der Waals surface area contributed by atoms with Crippen LogP contribution >= 0.6 is 15.9 Å². The maximum atomic E-state index is 8.93. The molecule has 0 aliphatic heterocycles. The van der Waals surface area contributed by atoms with Gasteiger partial charge in [0.2, 0.25) is 5.95 Å². The number of halogens is 1. The van der Waals surface area contributed by atoms with Crippen LogP contribution < -0.4 is 10.6 Å². The molecule has 0 saturated carbocycles. The zero-order chi connectivity index (χ0) is 16.1. The molecule has 0 aliphatic carbocycles. The third kappa shape index (κ3) is 4.02. The van der Waals surface area contributed by atoms with Crippen molar-refractivity contribution in [2.24, 2.45) is 0 Å². The molecule has 112 valence electrons. The molecule has 0 spiro atoms. The van der Waals surface area contributed by atoms with Crippen LogP contribution in [-0.4, -0.2) is 15.2 Å². The Morgan fingerprint density at radius 3 is 2.61 bits per heavy atom. The lowest BCUT2D eigenvalue weighted by Gasteiger charge is -2.08. The van der Waals surface area contributed by atoms with Gasteiger partial charge in [0.25, 0.3) is 0 Å². The Kier molecular flexibility index (Phi) is 4.45. The molecular weight excluding hydrogens is 356 g/mol. The van der Waals surface area contributed by atoms with Crippen LogP contribution in [0.1, 0.15) is 5.56 Å². The summed E-state index contributed by atoms with van der Waals surface area (Å²) in [5.41, 5.74) is 2.20. The summed E-state index contributed by atoms with van der Waals surface area (Å²) in [6.45, 7) is 0. The Balaban J connectivity index is 1.77. The third-order valence-electron chi connectivity index (χ3n) is 2.92. The normalized spacial score (nSPS) is 9.91. The molecular formula is C16H11BrN6. The Morgan fingerprint density at radius 2 is 1.83 bits per heavy atom. The lowest BCUT2D eigenvalue weighted by Crippen LogP contribution is -2.02. The van der Waals surface area contributed by atoms with Crippen LogP contribution in [0.15, 0.2) is 59.2 Å². The summed E-state index contributed by atoms with van der Waals surface area (Å²) in [6.07, 6.45) is 1.52. The molecule has 0 aliphatic rings. The highest BCUT2D eigenvalue weighted by atomic mass is 79.9. The Hall–Kier alpha value is -2.98. The molecule has 7 heteroatoms. The molecule has 0 amide bonds. The van der Waals surface area contributed by atoms with Crippen LogP contribution in [0.25, 0.3) is 0 Å². The van der Waals surface area contributed by atoms with Gasteiger partial charge in [-0.05, 0) is 42.5 Å². The van der Waals surface area contributed by atoms with Crippen LogP contribution in [0, 0.1) is 11.3 Å². The molecule has 0 unspecified atom stereocenters. The number of anilines is 4. The average Bonchev–Trinajstić information content (AvgIpc) is 2.57. The second-order valence-electron chi connectivity index (χ2n) is 4.61. The summed E-state index contributed by atoms with van der Waals surface area (Å²) in [6, 6.07) is 16.9. The van der Waals surface area contributed by atoms with Gasteiger partial charge < -0.3 is 10.6 Å². The fourth-order valence-corrected chi connectivity index (χ4v) is 2.16. The van der Waals surface area contributed by atoms with Gasteiger partial charge in [0, 0.05) is 15.8 Å². The first kappa shape index (κ1) is 14.9. The van der Waals surface area contributed by atoms with Gasteiger partial charge in [0.05, 0.1) is 17.8 Å². The van der Waals surface area contributed by atoms with Crippen molar-refractivity contribution in [2.45, 2.75) is 0 Å². The van der Waals surface area contributed by atoms with Crippen LogP contribution in [-0.2, 0) is 0 Å². The van der Waals surface area contributed by atoms with Gasteiger partial charge in [0.1, 0.15) is 0 Å². The van der Waals surface area contributed by atoms with Crippen molar-refractivity contribution in [3.8, 4) is 6.07 Å². The van der Waals surface area contributed by atoms with E-state index in [4.69, 9.17) is 5.26 Å². The topological polar surface area (TPSA) is 86.5 Å². The SMILES string of the molecule is N#Cc1cccc(Nc2cnnc(Nc3ccc(Br)cc3)n2)c1. The Labute approximate surface area is 141 Å². The average molecular weight is 367 g/mol. The summed E-state index contributed by atoms with van der Waals surface area (Å²) in [5.74, 6) is 0.920. The highest BCUT2D eigenvalue weighted by Gasteiger charge is 2.03. The predicted octanol–water partition coefficient (Wildman–Crippen LogP) is 3.99. The molecule has 23 heavy (non-hydrogen) atoms. The largest absolute Gasteiger partial charge is 0.339 e. The van der Waals surface area contributed by atoms with Gasteiger partial charge in [-0.25, -0.2) is 0 Å². The van der Waals surface area contributed by atoms with Gasteiger partial charge in [-0.15, -0.1) is 5.10 Å². The molecule has 6 nitrogen and oxygen atoms in total. The van der Waals surface area contributed by atoms with E-state index < -0.39 is 0 Å². The van der Waals surface area contributed by atoms with E-state index >= 15 is 0 Å². The van der Waals surface area contributed by atoms with E-state index in [0.29, 0.717) is 17.3 Å². The maximum absolute atomic E-state index is 8.93. The van der Waals surface area contributed by atoms with Gasteiger partial charge in [0.15, 0.2) is 5.82 Å². The van der Waals surface area contributed by atoms with Gasteiger partial charge in [-0.3, -0.25) is 0 Å². The highest BCUT2D eigenvalue weighted by molar-refractivity contribution is 9.10. The van der Waals surface area contributed by atoms with Crippen molar-refractivity contribution >= 4 is 39.1 Å². The van der Waals surface area contributed by atoms with Crippen molar-refractivity contribution in [2.75, 3.05) is 10.6 Å². The molecule has 1 heterocycles. The number of nitrogens with one attached hydrogen (secondary N) is 2. The monoisotopic (exact) mass is 366 g/mol.